The molecule has 0 unspecified atom stereocenters. The van der Waals surface area contributed by atoms with Gasteiger partial charge in [0.25, 0.3) is 5.91 Å². The van der Waals surface area contributed by atoms with Crippen molar-refractivity contribution < 1.29 is 4.79 Å². The van der Waals surface area contributed by atoms with Crippen LogP contribution in [0.3, 0.4) is 0 Å². The third-order valence-corrected chi connectivity index (χ3v) is 3.97. The molecule has 1 aliphatic rings. The summed E-state index contributed by atoms with van der Waals surface area (Å²) in [6.07, 6.45) is 11.2. The van der Waals surface area contributed by atoms with Gasteiger partial charge in [0, 0.05) is 24.3 Å². The number of para-hydroxylation sites is 1. The molecule has 0 saturated carbocycles. The summed E-state index contributed by atoms with van der Waals surface area (Å²) in [7, 11) is 0. The summed E-state index contributed by atoms with van der Waals surface area (Å²) < 4.78 is 0. The van der Waals surface area contributed by atoms with Gasteiger partial charge in [-0.1, -0.05) is 30.4 Å². The number of allylic oxidation sites excluding steroid dienone is 2. The average Bonchev–Trinajstić information content (AvgIpc) is 2.69. The van der Waals surface area contributed by atoms with Gasteiger partial charge in [-0.2, -0.15) is 0 Å². The quantitative estimate of drug-likeness (QED) is 0.795. The zero-order valence-corrected chi connectivity index (χ0v) is 13.5. The van der Waals surface area contributed by atoms with E-state index in [1.165, 1.54) is 0 Å². The molecule has 3 aromatic rings. The van der Waals surface area contributed by atoms with Crippen LogP contribution in [0.5, 0.6) is 0 Å². The SMILES string of the molecule is O=C(Nc1cnc2ccccc2c1)c1ccc(N2C=CC=CC2)nc1. The largest absolute Gasteiger partial charge is 0.329 e. The minimum absolute atomic E-state index is 0.204. The van der Waals surface area contributed by atoms with Crippen LogP contribution in [-0.2, 0) is 0 Å². The fourth-order valence-corrected chi connectivity index (χ4v) is 2.67. The molecular formula is C20H16N4O. The molecule has 0 spiro atoms. The molecule has 5 heteroatoms. The van der Waals surface area contributed by atoms with Crippen LogP contribution in [0.25, 0.3) is 10.9 Å². The summed E-state index contributed by atoms with van der Waals surface area (Å²) in [5, 5.41) is 3.85. The van der Waals surface area contributed by atoms with Gasteiger partial charge < -0.3 is 10.2 Å². The molecule has 0 radical (unpaired) electrons. The molecule has 122 valence electrons. The number of hydrogen-bond acceptors (Lipinski definition) is 4. The summed E-state index contributed by atoms with van der Waals surface area (Å²) in [6.45, 7) is 0.776. The van der Waals surface area contributed by atoms with Crippen molar-refractivity contribution in [1.29, 1.82) is 0 Å². The molecule has 0 aliphatic carbocycles. The summed E-state index contributed by atoms with van der Waals surface area (Å²) >= 11 is 0. The fraction of sp³-hybridized carbons (Fsp3) is 0.0500. The number of carbonyl (C=O) groups excluding carboxylic acids is 1. The van der Waals surface area contributed by atoms with Gasteiger partial charge in [-0.15, -0.1) is 0 Å². The maximum atomic E-state index is 12.4. The number of pyridine rings is 2. The first kappa shape index (κ1) is 15.1. The first-order chi connectivity index (χ1) is 12.3. The Hall–Kier alpha value is -3.47. The molecule has 1 aromatic carbocycles. The third kappa shape index (κ3) is 3.26. The lowest BCUT2D eigenvalue weighted by molar-refractivity contribution is 0.102. The molecule has 5 nitrogen and oxygen atoms in total. The fourth-order valence-electron chi connectivity index (χ4n) is 2.67. The van der Waals surface area contributed by atoms with Crippen molar-refractivity contribution >= 4 is 28.3 Å². The molecule has 0 atom stereocenters. The van der Waals surface area contributed by atoms with Gasteiger partial charge in [0.2, 0.25) is 0 Å². The zero-order chi connectivity index (χ0) is 17.1. The Morgan fingerprint density at radius 2 is 1.96 bits per heavy atom. The number of anilines is 2. The van der Waals surface area contributed by atoms with Crippen LogP contribution in [0.15, 0.2) is 79.3 Å². The number of fused-ring (bicyclic) bond motifs is 1. The van der Waals surface area contributed by atoms with E-state index in [4.69, 9.17) is 0 Å². The second kappa shape index (κ2) is 6.57. The standard InChI is InChI=1S/C20H16N4O/c25-20(23-17-12-15-6-2-3-7-18(15)21-14-17)16-8-9-19(22-13-16)24-10-4-1-5-11-24/h1-10,12-14H,11H2,(H,23,25). The predicted molar refractivity (Wildman–Crippen MR) is 99.6 cm³/mol. The Labute approximate surface area is 145 Å². The Kier molecular flexibility index (Phi) is 3.96. The molecule has 0 fully saturated rings. The van der Waals surface area contributed by atoms with Crippen LogP contribution in [-0.4, -0.2) is 22.4 Å². The summed E-state index contributed by atoms with van der Waals surface area (Å²) in [6, 6.07) is 13.3. The lowest BCUT2D eigenvalue weighted by Crippen LogP contribution is -2.19. The van der Waals surface area contributed by atoms with Crippen LogP contribution in [0.1, 0.15) is 10.4 Å². The normalized spacial score (nSPS) is 13.2. The van der Waals surface area contributed by atoms with E-state index in [2.05, 4.69) is 21.4 Å². The van der Waals surface area contributed by atoms with Gasteiger partial charge in [-0.3, -0.25) is 9.78 Å². The molecule has 4 rings (SSSR count). The monoisotopic (exact) mass is 328 g/mol. The van der Waals surface area contributed by atoms with E-state index < -0.39 is 0 Å². The summed E-state index contributed by atoms with van der Waals surface area (Å²) in [4.78, 5) is 23.2. The molecule has 1 N–H and O–H groups in total. The molecular weight excluding hydrogens is 312 g/mol. The first-order valence-corrected chi connectivity index (χ1v) is 8.02. The minimum atomic E-state index is -0.204. The highest BCUT2D eigenvalue weighted by molar-refractivity contribution is 6.04. The Balaban J connectivity index is 1.50. The molecule has 3 heterocycles. The zero-order valence-electron chi connectivity index (χ0n) is 13.5. The molecule has 2 aromatic heterocycles. The van der Waals surface area contributed by atoms with Crippen molar-refractivity contribution in [3.63, 3.8) is 0 Å². The van der Waals surface area contributed by atoms with Gasteiger partial charge in [0.05, 0.1) is 23.0 Å². The third-order valence-electron chi connectivity index (χ3n) is 3.97. The van der Waals surface area contributed by atoms with E-state index in [-0.39, 0.29) is 5.91 Å². The van der Waals surface area contributed by atoms with E-state index in [1.54, 1.807) is 18.5 Å². The number of amides is 1. The highest BCUT2D eigenvalue weighted by Crippen LogP contribution is 2.18. The van der Waals surface area contributed by atoms with E-state index in [0.29, 0.717) is 11.3 Å². The number of nitrogens with zero attached hydrogens (tertiary/aromatic N) is 3. The van der Waals surface area contributed by atoms with Gasteiger partial charge in [0.15, 0.2) is 0 Å². The highest BCUT2D eigenvalue weighted by atomic mass is 16.1. The maximum Gasteiger partial charge on any atom is 0.257 e. The Morgan fingerprint density at radius 1 is 1.04 bits per heavy atom. The number of benzene rings is 1. The minimum Gasteiger partial charge on any atom is -0.329 e. The molecule has 0 saturated heterocycles. The molecule has 1 amide bonds. The van der Waals surface area contributed by atoms with E-state index in [9.17, 15) is 4.79 Å². The average molecular weight is 328 g/mol. The second-order valence-corrected chi connectivity index (χ2v) is 5.70. The van der Waals surface area contributed by atoms with Gasteiger partial charge >= 0.3 is 0 Å². The lowest BCUT2D eigenvalue weighted by atomic mass is 10.2. The lowest BCUT2D eigenvalue weighted by Gasteiger charge is -2.19. The number of rotatable bonds is 3. The summed E-state index contributed by atoms with van der Waals surface area (Å²) in [5.74, 6) is 0.606. The van der Waals surface area contributed by atoms with Crippen LogP contribution in [0, 0.1) is 0 Å². The Morgan fingerprint density at radius 3 is 2.76 bits per heavy atom. The van der Waals surface area contributed by atoms with Gasteiger partial charge in [-0.25, -0.2) is 4.98 Å². The van der Waals surface area contributed by atoms with E-state index >= 15 is 0 Å². The maximum absolute atomic E-state index is 12.4. The van der Waals surface area contributed by atoms with E-state index in [1.807, 2.05) is 59.7 Å². The number of aromatic nitrogens is 2. The molecule has 1 aliphatic heterocycles. The molecule has 0 bridgehead atoms. The van der Waals surface area contributed by atoms with Crippen LogP contribution in [0.4, 0.5) is 11.5 Å². The van der Waals surface area contributed by atoms with Crippen LogP contribution < -0.4 is 10.2 Å². The predicted octanol–water partition coefficient (Wildman–Crippen LogP) is 3.77. The highest BCUT2D eigenvalue weighted by Gasteiger charge is 2.10. The van der Waals surface area contributed by atoms with Gasteiger partial charge in [-0.05, 0) is 30.3 Å². The summed E-state index contributed by atoms with van der Waals surface area (Å²) in [5.41, 5.74) is 2.07. The van der Waals surface area contributed by atoms with Gasteiger partial charge in [0.1, 0.15) is 5.82 Å². The Bertz CT molecular complexity index is 976. The number of nitrogens with one attached hydrogen (secondary N) is 1. The van der Waals surface area contributed by atoms with Crippen molar-refractivity contribution in [3.05, 3.63) is 84.8 Å². The van der Waals surface area contributed by atoms with Crippen molar-refractivity contribution in [1.82, 2.24) is 9.97 Å². The van der Waals surface area contributed by atoms with E-state index in [0.717, 1.165) is 23.3 Å². The van der Waals surface area contributed by atoms with Crippen LogP contribution >= 0.6 is 0 Å². The first-order valence-electron chi connectivity index (χ1n) is 8.02. The topological polar surface area (TPSA) is 58.1 Å². The smallest absolute Gasteiger partial charge is 0.257 e. The van der Waals surface area contributed by atoms with Crippen molar-refractivity contribution in [2.24, 2.45) is 0 Å². The van der Waals surface area contributed by atoms with Crippen LogP contribution in [0.2, 0.25) is 0 Å². The molecule has 25 heavy (non-hydrogen) atoms. The number of hydrogen-bond donors (Lipinski definition) is 1. The van der Waals surface area contributed by atoms with Crippen molar-refractivity contribution in [2.45, 2.75) is 0 Å². The van der Waals surface area contributed by atoms with Crippen molar-refractivity contribution in [3.8, 4) is 0 Å². The second-order valence-electron chi connectivity index (χ2n) is 5.70. The van der Waals surface area contributed by atoms with Crippen molar-refractivity contribution in [2.75, 3.05) is 16.8 Å². The number of carbonyl (C=O) groups is 1.